The minimum Gasteiger partial charge on any atom is -0.438 e. The molecule has 5 rings (SSSR count). The van der Waals surface area contributed by atoms with Gasteiger partial charge in [-0.25, -0.2) is 4.39 Å². The van der Waals surface area contributed by atoms with Crippen molar-refractivity contribution < 1.29 is 26.8 Å². The van der Waals surface area contributed by atoms with Crippen molar-refractivity contribution in [3.63, 3.8) is 0 Å². The van der Waals surface area contributed by atoms with Gasteiger partial charge < -0.3 is 26.1 Å². The van der Waals surface area contributed by atoms with Gasteiger partial charge in [-0.05, 0) is 30.5 Å². The van der Waals surface area contributed by atoms with Crippen LogP contribution >= 0.6 is 0 Å². The number of likely N-dealkylation sites (tertiary alicyclic amines) is 1. The summed E-state index contributed by atoms with van der Waals surface area (Å²) in [7, 11) is 0. The van der Waals surface area contributed by atoms with Crippen LogP contribution in [0.5, 0.6) is 0 Å². The average Bonchev–Trinajstić information content (AvgIpc) is 3.39. The lowest BCUT2D eigenvalue weighted by atomic mass is 9.93. The van der Waals surface area contributed by atoms with Crippen LogP contribution in [0.1, 0.15) is 28.8 Å². The Bertz CT molecular complexity index is 1300. The molecule has 13 heteroatoms. The molecule has 3 aromatic heterocycles. The number of anilines is 3. The Morgan fingerprint density at radius 3 is 2.78 bits per heavy atom. The Kier molecular flexibility index (Phi) is 6.67. The summed E-state index contributed by atoms with van der Waals surface area (Å²) in [6.07, 6.45) is -0.527. The average molecular weight is 522 g/mol. The van der Waals surface area contributed by atoms with Crippen molar-refractivity contribution >= 4 is 34.3 Å². The zero-order valence-corrected chi connectivity index (χ0v) is 19.8. The Balaban J connectivity index is 1.37. The number of halogens is 4. The molecular weight excluding hydrogens is 494 g/mol. The number of rotatable bonds is 5. The molecule has 2 saturated heterocycles. The lowest BCUT2D eigenvalue weighted by Crippen LogP contribution is -2.51. The molecule has 2 fully saturated rings. The molecule has 0 aliphatic carbocycles. The molecule has 1 amide bonds. The molecule has 3 atom stereocenters. The lowest BCUT2D eigenvalue weighted by Gasteiger charge is -2.39. The highest BCUT2D eigenvalue weighted by molar-refractivity contribution is 6.15. The van der Waals surface area contributed by atoms with E-state index in [0.29, 0.717) is 37.3 Å². The van der Waals surface area contributed by atoms with Crippen LogP contribution in [-0.2, 0) is 6.54 Å². The Morgan fingerprint density at radius 2 is 2.05 bits per heavy atom. The van der Waals surface area contributed by atoms with E-state index >= 15 is 0 Å². The maximum atomic E-state index is 13.5. The number of hydrogen-bond donors (Lipinski definition) is 3. The Morgan fingerprint density at radius 1 is 1.24 bits per heavy atom. The Hall–Kier alpha value is -3.45. The van der Waals surface area contributed by atoms with Gasteiger partial charge in [-0.3, -0.25) is 19.7 Å². The van der Waals surface area contributed by atoms with Gasteiger partial charge in [0.1, 0.15) is 17.3 Å². The van der Waals surface area contributed by atoms with E-state index in [1.807, 2.05) is 4.90 Å². The summed E-state index contributed by atoms with van der Waals surface area (Å²) in [5, 5.41) is 2.69. The van der Waals surface area contributed by atoms with E-state index in [9.17, 15) is 22.4 Å². The van der Waals surface area contributed by atoms with Crippen molar-refractivity contribution in [2.24, 2.45) is 11.7 Å². The second-order valence-corrected chi connectivity index (χ2v) is 9.64. The van der Waals surface area contributed by atoms with Crippen LogP contribution in [0.25, 0.3) is 11.1 Å². The Labute approximate surface area is 209 Å². The number of furan rings is 1. The number of aromatic nitrogens is 2. The van der Waals surface area contributed by atoms with Crippen molar-refractivity contribution in [2.45, 2.75) is 37.8 Å². The van der Waals surface area contributed by atoms with Crippen molar-refractivity contribution in [2.75, 3.05) is 42.1 Å². The SMILES string of the molecule is Nc1oc2cc(CN3CC[C@@H](F)C3)cnc2c1C(=O)Nc1cnccc1N1C[C@H](N)C[C@H](C(F)(F)F)C1. The van der Waals surface area contributed by atoms with Gasteiger partial charge >= 0.3 is 6.18 Å². The molecule has 198 valence electrons. The van der Waals surface area contributed by atoms with Gasteiger partial charge in [0.05, 0.1) is 23.5 Å². The van der Waals surface area contributed by atoms with Crippen LogP contribution in [0.4, 0.5) is 34.8 Å². The van der Waals surface area contributed by atoms with Crippen molar-refractivity contribution in [1.29, 1.82) is 0 Å². The number of amides is 1. The topological polar surface area (TPSA) is 127 Å². The first-order chi connectivity index (χ1) is 17.6. The summed E-state index contributed by atoms with van der Waals surface area (Å²) >= 11 is 0. The number of pyridine rings is 2. The fourth-order valence-corrected chi connectivity index (χ4v) is 5.05. The monoisotopic (exact) mass is 521 g/mol. The largest absolute Gasteiger partial charge is 0.438 e. The first kappa shape index (κ1) is 25.2. The van der Waals surface area contributed by atoms with E-state index in [4.69, 9.17) is 15.9 Å². The fraction of sp³-hybridized carbons (Fsp3) is 0.458. The van der Waals surface area contributed by atoms with Gasteiger partial charge in [-0.1, -0.05) is 0 Å². The van der Waals surface area contributed by atoms with Gasteiger partial charge in [0.25, 0.3) is 5.91 Å². The number of alkyl halides is 4. The lowest BCUT2D eigenvalue weighted by molar-refractivity contribution is -0.177. The summed E-state index contributed by atoms with van der Waals surface area (Å²) in [6, 6.07) is 2.56. The number of carbonyl (C=O) groups excluding carboxylic acids is 1. The third-order valence-corrected chi connectivity index (χ3v) is 6.79. The number of nitrogens with one attached hydrogen (secondary N) is 1. The quantitative estimate of drug-likeness (QED) is 0.437. The second-order valence-electron chi connectivity index (χ2n) is 9.64. The highest BCUT2D eigenvalue weighted by Crippen LogP contribution is 2.37. The van der Waals surface area contributed by atoms with Crippen LogP contribution in [0, 0.1) is 5.92 Å². The van der Waals surface area contributed by atoms with Crippen molar-refractivity contribution in [1.82, 2.24) is 14.9 Å². The first-order valence-electron chi connectivity index (χ1n) is 11.9. The third-order valence-electron chi connectivity index (χ3n) is 6.79. The van der Waals surface area contributed by atoms with Crippen molar-refractivity contribution in [3.05, 3.63) is 41.9 Å². The molecular formula is C24H27F4N7O2. The van der Waals surface area contributed by atoms with Gasteiger partial charge in [0, 0.05) is 51.2 Å². The smallest absolute Gasteiger partial charge is 0.393 e. The second kappa shape index (κ2) is 9.78. The molecule has 2 aliphatic rings. The van der Waals surface area contributed by atoms with E-state index in [0.717, 1.165) is 5.56 Å². The predicted octanol–water partition coefficient (Wildman–Crippen LogP) is 3.32. The summed E-state index contributed by atoms with van der Waals surface area (Å²) < 4.78 is 59.4. The molecule has 9 nitrogen and oxygen atoms in total. The van der Waals surface area contributed by atoms with E-state index in [2.05, 4.69) is 15.3 Å². The summed E-state index contributed by atoms with van der Waals surface area (Å²) in [4.78, 5) is 25.1. The van der Waals surface area contributed by atoms with Crippen LogP contribution in [0.2, 0.25) is 0 Å². The standard InChI is InChI=1S/C24H27F4N7O2/c25-15-2-4-34(11-15)9-13-5-19-21(32-7-13)20(22(30)37-19)23(36)33-17-8-31-3-1-18(17)35-10-14(24(26,27)28)6-16(29)12-35/h1,3,5,7-8,14-16H,2,4,6,9-12,29-30H2,(H,33,36)/t14-,15+,16+/m0/s1. The number of fused-ring (bicyclic) bond motifs is 1. The number of nitrogens with two attached hydrogens (primary N) is 2. The zero-order chi connectivity index (χ0) is 26.3. The minimum absolute atomic E-state index is 0.00450. The van der Waals surface area contributed by atoms with E-state index < -0.39 is 30.2 Å². The summed E-state index contributed by atoms with van der Waals surface area (Å²) in [5.74, 6) is -2.37. The molecule has 0 radical (unpaired) electrons. The summed E-state index contributed by atoms with van der Waals surface area (Å²) in [6.45, 7) is 1.39. The van der Waals surface area contributed by atoms with E-state index in [1.165, 1.54) is 23.4 Å². The molecule has 5 heterocycles. The highest BCUT2D eigenvalue weighted by atomic mass is 19.4. The summed E-state index contributed by atoms with van der Waals surface area (Å²) in [5.41, 5.74) is 13.9. The van der Waals surface area contributed by atoms with Gasteiger partial charge in [-0.2, -0.15) is 13.2 Å². The van der Waals surface area contributed by atoms with Crippen LogP contribution in [0.3, 0.4) is 0 Å². The van der Waals surface area contributed by atoms with Crippen LogP contribution in [0.15, 0.2) is 35.1 Å². The van der Waals surface area contributed by atoms with Crippen molar-refractivity contribution in [3.8, 4) is 0 Å². The maximum Gasteiger partial charge on any atom is 0.393 e. The molecule has 0 saturated carbocycles. The maximum absolute atomic E-state index is 13.5. The fourth-order valence-electron chi connectivity index (χ4n) is 5.05. The molecule has 0 bridgehead atoms. The molecule has 0 aromatic carbocycles. The number of carbonyl (C=O) groups is 1. The highest BCUT2D eigenvalue weighted by Gasteiger charge is 2.44. The van der Waals surface area contributed by atoms with Crippen LogP contribution < -0.4 is 21.7 Å². The molecule has 0 spiro atoms. The third kappa shape index (κ3) is 5.32. The molecule has 3 aromatic rings. The zero-order valence-electron chi connectivity index (χ0n) is 19.8. The number of nitrogens with zero attached hydrogens (tertiary/aromatic N) is 4. The van der Waals surface area contributed by atoms with Gasteiger partial charge in [-0.15, -0.1) is 0 Å². The molecule has 0 unspecified atom stereocenters. The van der Waals surface area contributed by atoms with Gasteiger partial charge in [0.2, 0.25) is 5.88 Å². The normalized spacial score (nSPS) is 23.1. The molecule has 2 aliphatic heterocycles. The number of piperidine rings is 1. The number of hydrogen-bond acceptors (Lipinski definition) is 8. The molecule has 37 heavy (non-hydrogen) atoms. The number of nitrogen functional groups attached to an aromatic ring is 1. The van der Waals surface area contributed by atoms with E-state index in [-0.39, 0.29) is 42.2 Å². The predicted molar refractivity (Wildman–Crippen MR) is 130 cm³/mol. The van der Waals surface area contributed by atoms with Crippen LogP contribution in [-0.4, -0.2) is 65.3 Å². The van der Waals surface area contributed by atoms with Gasteiger partial charge in [0.15, 0.2) is 5.58 Å². The minimum atomic E-state index is -4.39. The first-order valence-corrected chi connectivity index (χ1v) is 11.9. The van der Waals surface area contributed by atoms with E-state index in [1.54, 1.807) is 12.3 Å². The molecule has 5 N–H and O–H groups in total.